The zero-order chi connectivity index (χ0) is 12.8. The lowest BCUT2D eigenvalue weighted by atomic mass is 10.0. The zero-order valence-corrected chi connectivity index (χ0v) is 10.9. The fourth-order valence-corrected chi connectivity index (χ4v) is 1.63. The number of likely N-dealkylation sites (N-methyl/N-ethyl adjacent to an activating group) is 1. The number of methoxy groups -OCH3 is 1. The number of nitrogens with zero attached hydrogens (tertiary/aromatic N) is 2. The monoisotopic (exact) mass is 239 g/mol. The molecule has 1 unspecified atom stereocenters. The number of ether oxygens (including phenoxy) is 1. The van der Waals surface area contributed by atoms with E-state index < -0.39 is 0 Å². The van der Waals surface area contributed by atoms with Crippen LogP contribution in [0.1, 0.15) is 20.8 Å². The second-order valence-corrected chi connectivity index (χ2v) is 4.30. The molecule has 0 aliphatic heterocycles. The van der Waals surface area contributed by atoms with Gasteiger partial charge in [-0.3, -0.25) is 4.79 Å². The van der Waals surface area contributed by atoms with Gasteiger partial charge in [-0.25, -0.2) is 4.68 Å². The van der Waals surface area contributed by atoms with Crippen molar-refractivity contribution in [2.45, 2.75) is 33.4 Å². The van der Waals surface area contributed by atoms with Crippen LogP contribution >= 0.6 is 0 Å². The van der Waals surface area contributed by atoms with Gasteiger partial charge < -0.3 is 10.1 Å². The van der Waals surface area contributed by atoms with Crippen molar-refractivity contribution in [1.82, 2.24) is 15.1 Å². The van der Waals surface area contributed by atoms with E-state index in [1.165, 1.54) is 10.7 Å². The van der Waals surface area contributed by atoms with Gasteiger partial charge in [0.25, 0.3) is 5.56 Å². The van der Waals surface area contributed by atoms with Crippen LogP contribution < -0.4 is 15.6 Å². The first-order valence-electron chi connectivity index (χ1n) is 5.94. The van der Waals surface area contributed by atoms with Gasteiger partial charge in [0.15, 0.2) is 0 Å². The molecule has 1 heterocycles. The van der Waals surface area contributed by atoms with Crippen molar-refractivity contribution in [3.05, 3.63) is 22.5 Å². The highest BCUT2D eigenvalue weighted by Crippen LogP contribution is 2.05. The minimum atomic E-state index is -0.102. The molecule has 1 aromatic rings. The maximum absolute atomic E-state index is 11.7. The van der Waals surface area contributed by atoms with Gasteiger partial charge in [0, 0.05) is 18.2 Å². The molecule has 0 fully saturated rings. The van der Waals surface area contributed by atoms with E-state index in [1.54, 1.807) is 13.2 Å². The van der Waals surface area contributed by atoms with Crippen molar-refractivity contribution < 1.29 is 4.74 Å². The predicted octanol–water partition coefficient (Wildman–Crippen LogP) is 0.886. The Kier molecular flexibility index (Phi) is 5.15. The van der Waals surface area contributed by atoms with Crippen LogP contribution in [0, 0.1) is 5.92 Å². The normalized spacial score (nSPS) is 12.8. The molecule has 5 nitrogen and oxygen atoms in total. The third-order valence-electron chi connectivity index (χ3n) is 2.69. The second-order valence-electron chi connectivity index (χ2n) is 4.30. The summed E-state index contributed by atoms with van der Waals surface area (Å²) < 4.78 is 6.47. The van der Waals surface area contributed by atoms with E-state index in [1.807, 2.05) is 0 Å². The van der Waals surface area contributed by atoms with E-state index in [9.17, 15) is 4.79 Å². The van der Waals surface area contributed by atoms with Crippen molar-refractivity contribution in [1.29, 1.82) is 0 Å². The van der Waals surface area contributed by atoms with E-state index in [2.05, 4.69) is 31.2 Å². The Hall–Kier alpha value is -1.36. The van der Waals surface area contributed by atoms with Gasteiger partial charge >= 0.3 is 0 Å². The highest BCUT2D eigenvalue weighted by Gasteiger charge is 2.14. The highest BCUT2D eigenvalue weighted by atomic mass is 16.5. The van der Waals surface area contributed by atoms with Crippen molar-refractivity contribution in [3.63, 3.8) is 0 Å². The minimum absolute atomic E-state index is 0.102. The van der Waals surface area contributed by atoms with Crippen LogP contribution in [0.25, 0.3) is 0 Å². The predicted molar refractivity (Wildman–Crippen MR) is 67.4 cm³/mol. The van der Waals surface area contributed by atoms with E-state index >= 15 is 0 Å². The van der Waals surface area contributed by atoms with E-state index in [0.717, 1.165) is 6.54 Å². The fourth-order valence-electron chi connectivity index (χ4n) is 1.63. The molecular formula is C12H21N3O2. The molecule has 0 amide bonds. The average molecular weight is 239 g/mol. The number of aromatic nitrogens is 2. The lowest BCUT2D eigenvalue weighted by Gasteiger charge is -2.22. The average Bonchev–Trinajstić information content (AvgIpc) is 2.31. The summed E-state index contributed by atoms with van der Waals surface area (Å²) >= 11 is 0. The Bertz CT molecular complexity index is 401. The molecule has 1 aromatic heterocycles. The summed E-state index contributed by atoms with van der Waals surface area (Å²) in [7, 11) is 1.54. The molecule has 1 N–H and O–H groups in total. The Labute approximate surface area is 102 Å². The minimum Gasteiger partial charge on any atom is -0.480 e. The molecule has 0 radical (unpaired) electrons. The molecule has 0 saturated heterocycles. The quantitative estimate of drug-likeness (QED) is 0.801. The summed E-state index contributed by atoms with van der Waals surface area (Å²) in [5.74, 6) is 0.901. The van der Waals surface area contributed by atoms with Gasteiger partial charge in [0.2, 0.25) is 5.88 Å². The molecule has 0 aromatic carbocycles. The Balaban J connectivity index is 2.88. The summed E-state index contributed by atoms with van der Waals surface area (Å²) in [4.78, 5) is 11.7. The van der Waals surface area contributed by atoms with E-state index in [0.29, 0.717) is 18.3 Å². The summed E-state index contributed by atoms with van der Waals surface area (Å²) in [5.41, 5.74) is -0.102. The van der Waals surface area contributed by atoms with Crippen molar-refractivity contribution in [2.24, 2.45) is 5.92 Å². The Morgan fingerprint density at radius 1 is 1.47 bits per heavy atom. The van der Waals surface area contributed by atoms with Gasteiger partial charge in [0.05, 0.1) is 13.7 Å². The van der Waals surface area contributed by atoms with Crippen molar-refractivity contribution in [2.75, 3.05) is 13.7 Å². The summed E-state index contributed by atoms with van der Waals surface area (Å²) in [5, 5.41) is 7.49. The molecule has 0 aliphatic carbocycles. The standard InChI is InChI=1S/C12H21N3O2/c1-5-13-10(9(2)3)8-15-12(16)7-6-11(14-15)17-4/h6-7,9-10,13H,5,8H2,1-4H3. The van der Waals surface area contributed by atoms with Crippen LogP contribution in [-0.2, 0) is 6.54 Å². The number of hydrogen-bond donors (Lipinski definition) is 1. The number of rotatable bonds is 6. The molecular weight excluding hydrogens is 218 g/mol. The maximum atomic E-state index is 11.7. The first kappa shape index (κ1) is 13.7. The first-order valence-corrected chi connectivity index (χ1v) is 5.94. The van der Waals surface area contributed by atoms with E-state index in [4.69, 9.17) is 4.74 Å². The smallest absolute Gasteiger partial charge is 0.267 e. The van der Waals surface area contributed by atoms with Gasteiger partial charge in [0.1, 0.15) is 0 Å². The lowest BCUT2D eigenvalue weighted by molar-refractivity contribution is 0.323. The molecule has 5 heteroatoms. The SMILES string of the molecule is CCNC(Cn1nc(OC)ccc1=O)C(C)C. The van der Waals surface area contributed by atoms with Crippen molar-refractivity contribution >= 4 is 0 Å². The van der Waals surface area contributed by atoms with Gasteiger partial charge in [-0.2, -0.15) is 0 Å². The van der Waals surface area contributed by atoms with Gasteiger partial charge in [-0.05, 0) is 12.5 Å². The third-order valence-corrected chi connectivity index (χ3v) is 2.69. The van der Waals surface area contributed by atoms with Crippen LogP contribution in [0.4, 0.5) is 0 Å². The Morgan fingerprint density at radius 2 is 2.18 bits per heavy atom. The van der Waals surface area contributed by atoms with Crippen LogP contribution in [0.15, 0.2) is 16.9 Å². The van der Waals surface area contributed by atoms with Gasteiger partial charge in [-0.1, -0.05) is 20.8 Å². The largest absolute Gasteiger partial charge is 0.480 e. The number of nitrogens with one attached hydrogen (secondary N) is 1. The molecule has 17 heavy (non-hydrogen) atoms. The Morgan fingerprint density at radius 3 is 2.71 bits per heavy atom. The molecule has 1 rings (SSSR count). The topological polar surface area (TPSA) is 56.1 Å². The first-order chi connectivity index (χ1) is 8.08. The molecule has 0 spiro atoms. The summed E-state index contributed by atoms with van der Waals surface area (Å²) in [6.07, 6.45) is 0. The maximum Gasteiger partial charge on any atom is 0.267 e. The van der Waals surface area contributed by atoms with Crippen LogP contribution in [0.3, 0.4) is 0 Å². The molecule has 0 saturated carbocycles. The van der Waals surface area contributed by atoms with Crippen molar-refractivity contribution in [3.8, 4) is 5.88 Å². The van der Waals surface area contributed by atoms with Crippen LogP contribution in [0.5, 0.6) is 5.88 Å². The summed E-state index contributed by atoms with van der Waals surface area (Å²) in [6, 6.07) is 3.29. The van der Waals surface area contributed by atoms with E-state index in [-0.39, 0.29) is 11.6 Å². The lowest BCUT2D eigenvalue weighted by Crippen LogP contribution is -2.40. The molecule has 1 atom stereocenters. The highest BCUT2D eigenvalue weighted by molar-refractivity contribution is 5.06. The summed E-state index contributed by atoms with van der Waals surface area (Å²) in [6.45, 7) is 7.73. The molecule has 96 valence electrons. The molecule has 0 aliphatic rings. The fraction of sp³-hybridized carbons (Fsp3) is 0.667. The number of hydrogen-bond acceptors (Lipinski definition) is 4. The third kappa shape index (κ3) is 3.85. The second kappa shape index (κ2) is 6.39. The zero-order valence-electron chi connectivity index (χ0n) is 10.9. The van der Waals surface area contributed by atoms with Crippen LogP contribution in [-0.4, -0.2) is 29.5 Å². The molecule has 0 bridgehead atoms. The van der Waals surface area contributed by atoms with Gasteiger partial charge in [-0.15, -0.1) is 5.10 Å². The van der Waals surface area contributed by atoms with Crippen LogP contribution in [0.2, 0.25) is 0 Å².